The molecule has 9 nitrogen and oxygen atoms in total. The second kappa shape index (κ2) is 13.5. The predicted molar refractivity (Wildman–Crippen MR) is 165 cm³/mol. The first-order valence-electron chi connectivity index (χ1n) is 14.1. The van der Waals surface area contributed by atoms with Crippen molar-refractivity contribution >= 4 is 40.3 Å². The molecule has 9 heteroatoms. The number of benzene rings is 3. The van der Waals surface area contributed by atoms with Gasteiger partial charge < -0.3 is 26.0 Å². The number of ether oxygens (including phenoxy) is 1. The zero-order valence-corrected chi connectivity index (χ0v) is 25.5. The first-order valence-corrected chi connectivity index (χ1v) is 14.1. The molecular formula is C33H42N4O5. The zero-order valence-electron chi connectivity index (χ0n) is 25.5. The van der Waals surface area contributed by atoms with Gasteiger partial charge >= 0.3 is 6.09 Å². The van der Waals surface area contributed by atoms with Gasteiger partial charge in [0.05, 0.1) is 0 Å². The first-order chi connectivity index (χ1) is 19.7. The molecule has 0 saturated heterocycles. The van der Waals surface area contributed by atoms with Crippen LogP contribution in [0.3, 0.4) is 0 Å². The fourth-order valence-electron chi connectivity index (χ4n) is 4.70. The van der Waals surface area contributed by atoms with E-state index in [-0.39, 0.29) is 12.8 Å². The van der Waals surface area contributed by atoms with Crippen molar-refractivity contribution in [3.05, 3.63) is 77.4 Å². The van der Waals surface area contributed by atoms with Crippen molar-refractivity contribution in [3.63, 3.8) is 0 Å². The Balaban J connectivity index is 2.05. The largest absolute Gasteiger partial charge is 0.444 e. The van der Waals surface area contributed by atoms with Crippen LogP contribution in [0.15, 0.2) is 60.7 Å². The first kappa shape index (κ1) is 32.1. The Morgan fingerprint density at radius 1 is 0.905 bits per heavy atom. The van der Waals surface area contributed by atoms with Crippen molar-refractivity contribution in [1.82, 2.24) is 10.2 Å². The number of fused-ring (bicyclic) bond motifs is 1. The summed E-state index contributed by atoms with van der Waals surface area (Å²) in [7, 11) is 0. The maximum Gasteiger partial charge on any atom is 0.408 e. The summed E-state index contributed by atoms with van der Waals surface area (Å²) >= 11 is 0. The highest BCUT2D eigenvalue weighted by atomic mass is 16.6. The van der Waals surface area contributed by atoms with E-state index >= 15 is 0 Å². The van der Waals surface area contributed by atoms with Gasteiger partial charge in [-0.25, -0.2) is 4.79 Å². The van der Waals surface area contributed by atoms with E-state index in [9.17, 15) is 19.2 Å². The molecule has 3 rings (SSSR count). The standard InChI is InChI=1S/C33H42N4O5/c1-20(2)37(31(40)27(16-17-28(34)38)36-32(41)42-33(5,6)7)29(25-13-12-21(3)22(4)18-25)30(39)35-26-15-14-23-10-8-9-11-24(23)19-26/h8-15,18-20,27,29H,16-17H2,1-7H3,(H2,34,38)(H,35,39)(H,36,41). The van der Waals surface area contributed by atoms with E-state index in [1.165, 1.54) is 4.90 Å². The van der Waals surface area contributed by atoms with Crippen LogP contribution in [-0.2, 0) is 19.1 Å². The SMILES string of the molecule is Cc1ccc(C(C(=O)Nc2ccc3ccccc3c2)N(C(=O)C(CCC(N)=O)NC(=O)OC(C)(C)C)C(C)C)cc1C. The van der Waals surface area contributed by atoms with E-state index in [0.717, 1.165) is 21.9 Å². The Kier molecular flexibility index (Phi) is 10.3. The Morgan fingerprint density at radius 2 is 1.57 bits per heavy atom. The van der Waals surface area contributed by atoms with Gasteiger partial charge in [-0.05, 0) is 94.5 Å². The third-order valence-corrected chi connectivity index (χ3v) is 6.87. The summed E-state index contributed by atoms with van der Waals surface area (Å²) in [4.78, 5) is 54.1. The summed E-state index contributed by atoms with van der Waals surface area (Å²) in [5.74, 6) is -1.56. The summed E-state index contributed by atoms with van der Waals surface area (Å²) in [6.07, 6.45) is -1.00. The Morgan fingerprint density at radius 3 is 2.17 bits per heavy atom. The highest BCUT2D eigenvalue weighted by Gasteiger charge is 2.38. The van der Waals surface area contributed by atoms with Gasteiger partial charge in [0.2, 0.25) is 11.8 Å². The van der Waals surface area contributed by atoms with Crippen LogP contribution in [0.1, 0.15) is 70.2 Å². The number of nitrogens with two attached hydrogens (primary N) is 1. The number of anilines is 1. The molecule has 0 radical (unpaired) electrons. The third kappa shape index (κ3) is 8.55. The van der Waals surface area contributed by atoms with Gasteiger partial charge in [0.25, 0.3) is 5.91 Å². The molecule has 0 aliphatic carbocycles. The minimum atomic E-state index is -1.16. The van der Waals surface area contributed by atoms with Gasteiger partial charge in [0, 0.05) is 18.2 Å². The third-order valence-electron chi connectivity index (χ3n) is 6.87. The van der Waals surface area contributed by atoms with Crippen molar-refractivity contribution in [3.8, 4) is 0 Å². The number of aryl methyl sites for hydroxylation is 2. The molecule has 0 aliphatic rings. The zero-order chi connectivity index (χ0) is 31.2. The van der Waals surface area contributed by atoms with Gasteiger partial charge in [0.15, 0.2) is 0 Å². The molecule has 0 spiro atoms. The quantitative estimate of drug-likeness (QED) is 0.293. The average molecular weight is 575 g/mol. The molecule has 0 heterocycles. The lowest BCUT2D eigenvalue weighted by molar-refractivity contribution is -0.143. The highest BCUT2D eigenvalue weighted by molar-refractivity contribution is 6.00. The van der Waals surface area contributed by atoms with Crippen molar-refractivity contribution in [1.29, 1.82) is 0 Å². The van der Waals surface area contributed by atoms with Gasteiger partial charge in [-0.2, -0.15) is 0 Å². The average Bonchev–Trinajstić information content (AvgIpc) is 2.89. The normalized spacial score (nSPS) is 12.9. The van der Waals surface area contributed by atoms with E-state index in [2.05, 4.69) is 10.6 Å². The Bertz CT molecular complexity index is 1460. The van der Waals surface area contributed by atoms with Crippen LogP contribution in [0.2, 0.25) is 0 Å². The number of alkyl carbamates (subject to hydrolysis) is 1. The molecule has 2 unspecified atom stereocenters. The lowest BCUT2D eigenvalue weighted by atomic mass is 9.96. The van der Waals surface area contributed by atoms with Crippen LogP contribution in [0, 0.1) is 13.8 Å². The number of nitrogens with one attached hydrogen (secondary N) is 2. The lowest BCUT2D eigenvalue weighted by Gasteiger charge is -2.37. The summed E-state index contributed by atoms with van der Waals surface area (Å²) in [6.45, 7) is 12.6. The molecule has 4 N–H and O–H groups in total. The van der Waals surface area contributed by atoms with Crippen LogP contribution in [0.25, 0.3) is 10.8 Å². The second-order valence-electron chi connectivity index (χ2n) is 11.8. The molecule has 0 bridgehead atoms. The Hall–Kier alpha value is -4.40. The van der Waals surface area contributed by atoms with Crippen molar-refractivity contribution < 1.29 is 23.9 Å². The summed E-state index contributed by atoms with van der Waals surface area (Å²) in [5.41, 5.74) is 7.79. The minimum Gasteiger partial charge on any atom is -0.444 e. The number of nitrogens with zero attached hydrogens (tertiary/aromatic N) is 1. The summed E-state index contributed by atoms with van der Waals surface area (Å²) < 4.78 is 5.38. The van der Waals surface area contributed by atoms with Gasteiger partial charge in [-0.15, -0.1) is 0 Å². The molecule has 2 atom stereocenters. The monoisotopic (exact) mass is 574 g/mol. The number of primary amides is 1. The fourth-order valence-corrected chi connectivity index (χ4v) is 4.70. The summed E-state index contributed by atoms with van der Waals surface area (Å²) in [5, 5.41) is 7.60. The number of rotatable bonds is 10. The molecule has 0 saturated carbocycles. The molecule has 3 aromatic carbocycles. The van der Waals surface area contributed by atoms with Crippen LogP contribution in [0.5, 0.6) is 0 Å². The second-order valence-corrected chi connectivity index (χ2v) is 11.8. The molecule has 0 fully saturated rings. The molecule has 3 aromatic rings. The van der Waals surface area contributed by atoms with Crippen LogP contribution >= 0.6 is 0 Å². The van der Waals surface area contributed by atoms with E-state index in [4.69, 9.17) is 10.5 Å². The Labute approximate surface area is 247 Å². The van der Waals surface area contributed by atoms with Gasteiger partial charge in [-0.3, -0.25) is 14.4 Å². The number of carbonyl (C=O) groups excluding carboxylic acids is 4. The van der Waals surface area contributed by atoms with Crippen molar-refractivity contribution in [2.75, 3.05) is 5.32 Å². The van der Waals surface area contributed by atoms with Crippen molar-refractivity contribution in [2.45, 2.75) is 85.0 Å². The van der Waals surface area contributed by atoms with Crippen LogP contribution in [-0.4, -0.2) is 46.4 Å². The number of hydrogen-bond donors (Lipinski definition) is 3. The fraction of sp³-hybridized carbons (Fsp3) is 0.394. The number of amides is 4. The predicted octanol–water partition coefficient (Wildman–Crippen LogP) is 5.53. The maximum atomic E-state index is 14.2. The smallest absolute Gasteiger partial charge is 0.408 e. The molecule has 0 aromatic heterocycles. The summed E-state index contributed by atoms with van der Waals surface area (Å²) in [6, 6.07) is 16.4. The molecule has 224 valence electrons. The van der Waals surface area contributed by atoms with E-state index < -0.39 is 47.5 Å². The van der Waals surface area contributed by atoms with E-state index in [0.29, 0.717) is 11.3 Å². The number of hydrogen-bond acceptors (Lipinski definition) is 5. The maximum absolute atomic E-state index is 14.2. The van der Waals surface area contributed by atoms with E-state index in [1.54, 1.807) is 34.6 Å². The number of carbonyl (C=O) groups is 4. The van der Waals surface area contributed by atoms with Crippen molar-refractivity contribution in [2.24, 2.45) is 5.73 Å². The minimum absolute atomic E-state index is 0.0530. The van der Waals surface area contributed by atoms with E-state index in [1.807, 2.05) is 74.5 Å². The highest BCUT2D eigenvalue weighted by Crippen LogP contribution is 2.29. The molecular weight excluding hydrogens is 532 g/mol. The topological polar surface area (TPSA) is 131 Å². The lowest BCUT2D eigenvalue weighted by Crippen LogP contribution is -2.54. The van der Waals surface area contributed by atoms with Gasteiger partial charge in [0.1, 0.15) is 17.7 Å². The molecule has 0 aliphatic heterocycles. The van der Waals surface area contributed by atoms with Crippen LogP contribution < -0.4 is 16.4 Å². The molecule has 42 heavy (non-hydrogen) atoms. The molecule has 4 amide bonds. The van der Waals surface area contributed by atoms with Crippen LogP contribution in [0.4, 0.5) is 10.5 Å². The van der Waals surface area contributed by atoms with Gasteiger partial charge in [-0.1, -0.05) is 48.5 Å².